The van der Waals surface area contributed by atoms with Crippen LogP contribution in [0.1, 0.15) is 5.56 Å². The molecule has 0 amide bonds. The van der Waals surface area contributed by atoms with E-state index < -0.39 is 0 Å². The van der Waals surface area contributed by atoms with Crippen LogP contribution in [0.2, 0.25) is 0 Å². The lowest BCUT2D eigenvalue weighted by Gasteiger charge is -2.03. The van der Waals surface area contributed by atoms with Crippen molar-refractivity contribution < 1.29 is 0 Å². The molecule has 140 valence electrons. The van der Waals surface area contributed by atoms with Crippen molar-refractivity contribution in [3.63, 3.8) is 0 Å². The maximum absolute atomic E-state index is 12.8. The van der Waals surface area contributed by atoms with Crippen molar-refractivity contribution >= 4 is 10.9 Å². The van der Waals surface area contributed by atoms with E-state index in [1.165, 1.54) is 0 Å². The topological polar surface area (TPSA) is 61.5 Å². The molecule has 5 rings (SSSR count). The fourth-order valence-electron chi connectivity index (χ4n) is 3.62. The predicted octanol–water partition coefficient (Wildman–Crippen LogP) is 5.56. The molecule has 0 radical (unpaired) electrons. The van der Waals surface area contributed by atoms with Crippen molar-refractivity contribution in [2.75, 3.05) is 0 Å². The maximum atomic E-state index is 12.8. The van der Waals surface area contributed by atoms with Crippen LogP contribution in [-0.4, -0.2) is 15.0 Å². The SMILES string of the molecule is Cc1ccc2[nH]c(=O)c(-c3nc(-c4ccccc4)c(-c4ccccc4)[nH]3)cc2c1. The van der Waals surface area contributed by atoms with Crippen LogP contribution < -0.4 is 5.56 Å². The molecule has 2 heterocycles. The second kappa shape index (κ2) is 6.91. The summed E-state index contributed by atoms with van der Waals surface area (Å²) in [4.78, 5) is 24.0. The lowest BCUT2D eigenvalue weighted by atomic mass is 10.1. The van der Waals surface area contributed by atoms with Gasteiger partial charge in [0.1, 0.15) is 5.82 Å². The molecule has 0 bridgehead atoms. The zero-order valence-corrected chi connectivity index (χ0v) is 15.9. The predicted molar refractivity (Wildman–Crippen MR) is 118 cm³/mol. The largest absolute Gasteiger partial charge is 0.337 e. The lowest BCUT2D eigenvalue weighted by Crippen LogP contribution is -2.09. The van der Waals surface area contributed by atoms with Gasteiger partial charge in [-0.05, 0) is 30.5 Å². The zero-order valence-electron chi connectivity index (χ0n) is 15.9. The molecular formula is C25H19N3O. The number of rotatable bonds is 3. The molecule has 0 aliphatic rings. The molecule has 0 aliphatic heterocycles. The summed E-state index contributed by atoms with van der Waals surface area (Å²) in [5, 5.41) is 0.985. The number of benzene rings is 3. The standard InChI is InChI=1S/C25H19N3O/c1-16-12-13-21-19(14-16)15-20(25(29)26-21)24-27-22(17-8-4-2-5-9-17)23(28-24)18-10-6-3-7-11-18/h2-15H,1H3,(H,26,29)(H,27,28). The summed E-state index contributed by atoms with van der Waals surface area (Å²) in [6.45, 7) is 2.04. The van der Waals surface area contributed by atoms with E-state index in [0.29, 0.717) is 11.4 Å². The molecule has 5 aromatic rings. The number of aromatic amines is 2. The first-order valence-corrected chi connectivity index (χ1v) is 9.54. The van der Waals surface area contributed by atoms with Gasteiger partial charge in [0.2, 0.25) is 0 Å². The van der Waals surface area contributed by atoms with E-state index in [0.717, 1.165) is 39.0 Å². The Hall–Kier alpha value is -3.92. The second-order valence-corrected chi connectivity index (χ2v) is 7.14. The lowest BCUT2D eigenvalue weighted by molar-refractivity contribution is 1.24. The Kier molecular flexibility index (Phi) is 4.10. The van der Waals surface area contributed by atoms with Crippen LogP contribution in [0.5, 0.6) is 0 Å². The van der Waals surface area contributed by atoms with E-state index in [1.807, 2.05) is 85.8 Å². The van der Waals surface area contributed by atoms with Gasteiger partial charge in [0.25, 0.3) is 5.56 Å². The molecule has 4 nitrogen and oxygen atoms in total. The van der Waals surface area contributed by atoms with E-state index in [1.54, 1.807) is 0 Å². The Morgan fingerprint density at radius 1 is 0.759 bits per heavy atom. The van der Waals surface area contributed by atoms with Gasteiger partial charge in [-0.3, -0.25) is 4.79 Å². The number of fused-ring (bicyclic) bond motifs is 1. The minimum absolute atomic E-state index is 0.158. The Labute approximate surface area is 167 Å². The third kappa shape index (κ3) is 3.15. The molecule has 0 unspecified atom stereocenters. The highest BCUT2D eigenvalue weighted by molar-refractivity contribution is 5.85. The number of nitrogens with one attached hydrogen (secondary N) is 2. The third-order valence-corrected chi connectivity index (χ3v) is 5.07. The fraction of sp³-hybridized carbons (Fsp3) is 0.0400. The van der Waals surface area contributed by atoms with Gasteiger partial charge in [0.05, 0.1) is 17.0 Å². The average molecular weight is 377 g/mol. The monoisotopic (exact) mass is 377 g/mol. The highest BCUT2D eigenvalue weighted by Crippen LogP contribution is 2.32. The summed E-state index contributed by atoms with van der Waals surface area (Å²) >= 11 is 0. The molecule has 4 heteroatoms. The van der Waals surface area contributed by atoms with Gasteiger partial charge in [0, 0.05) is 16.6 Å². The van der Waals surface area contributed by atoms with Gasteiger partial charge in [0.15, 0.2) is 0 Å². The summed E-state index contributed by atoms with van der Waals surface area (Å²) in [7, 11) is 0. The average Bonchev–Trinajstić information content (AvgIpc) is 3.20. The third-order valence-electron chi connectivity index (χ3n) is 5.07. The fourth-order valence-corrected chi connectivity index (χ4v) is 3.62. The first kappa shape index (κ1) is 17.2. The Morgan fingerprint density at radius 2 is 1.45 bits per heavy atom. The van der Waals surface area contributed by atoms with Crippen molar-refractivity contribution in [3.05, 3.63) is 101 Å². The van der Waals surface area contributed by atoms with Crippen molar-refractivity contribution in [1.29, 1.82) is 0 Å². The summed E-state index contributed by atoms with van der Waals surface area (Å²) in [6, 6.07) is 28.0. The molecule has 2 N–H and O–H groups in total. The molecule has 0 saturated heterocycles. The molecule has 3 aromatic carbocycles. The van der Waals surface area contributed by atoms with Crippen LogP contribution in [0.25, 0.3) is 44.8 Å². The Bertz CT molecular complexity index is 1310. The van der Waals surface area contributed by atoms with E-state index in [-0.39, 0.29) is 5.56 Å². The van der Waals surface area contributed by atoms with E-state index in [9.17, 15) is 4.79 Å². The molecule has 0 fully saturated rings. The number of pyridine rings is 1. The van der Waals surface area contributed by atoms with Crippen molar-refractivity contribution in [2.45, 2.75) is 6.92 Å². The van der Waals surface area contributed by atoms with Gasteiger partial charge in [-0.25, -0.2) is 4.98 Å². The second-order valence-electron chi connectivity index (χ2n) is 7.14. The van der Waals surface area contributed by atoms with Gasteiger partial charge < -0.3 is 9.97 Å². The van der Waals surface area contributed by atoms with Gasteiger partial charge >= 0.3 is 0 Å². The van der Waals surface area contributed by atoms with Gasteiger partial charge in [-0.2, -0.15) is 0 Å². The molecule has 0 atom stereocenters. The first-order valence-electron chi connectivity index (χ1n) is 9.54. The molecule has 0 spiro atoms. The van der Waals surface area contributed by atoms with Crippen molar-refractivity contribution in [1.82, 2.24) is 15.0 Å². The van der Waals surface area contributed by atoms with Crippen LogP contribution >= 0.6 is 0 Å². The molecule has 0 saturated carbocycles. The van der Waals surface area contributed by atoms with Gasteiger partial charge in [-0.15, -0.1) is 0 Å². The van der Waals surface area contributed by atoms with E-state index in [4.69, 9.17) is 4.98 Å². The van der Waals surface area contributed by atoms with Gasteiger partial charge in [-0.1, -0.05) is 72.3 Å². The summed E-state index contributed by atoms with van der Waals surface area (Å²) in [5.74, 6) is 0.562. The summed E-state index contributed by atoms with van der Waals surface area (Å²) < 4.78 is 0. The number of nitrogens with zero attached hydrogens (tertiary/aromatic N) is 1. The minimum atomic E-state index is -0.158. The highest BCUT2D eigenvalue weighted by Gasteiger charge is 2.17. The smallest absolute Gasteiger partial charge is 0.259 e. The number of aromatic nitrogens is 3. The van der Waals surface area contributed by atoms with Crippen LogP contribution in [0.3, 0.4) is 0 Å². The Morgan fingerprint density at radius 3 is 2.17 bits per heavy atom. The highest BCUT2D eigenvalue weighted by atomic mass is 16.1. The molecule has 2 aromatic heterocycles. The molecule has 29 heavy (non-hydrogen) atoms. The van der Waals surface area contributed by atoms with Crippen LogP contribution in [0.4, 0.5) is 0 Å². The summed E-state index contributed by atoms with van der Waals surface area (Å²) in [6.07, 6.45) is 0. The van der Waals surface area contributed by atoms with E-state index >= 15 is 0 Å². The van der Waals surface area contributed by atoms with Crippen LogP contribution in [-0.2, 0) is 0 Å². The number of aryl methyl sites for hydroxylation is 1. The summed E-state index contributed by atoms with van der Waals surface area (Å²) in [5.41, 5.74) is 6.09. The molecule has 0 aliphatic carbocycles. The van der Waals surface area contributed by atoms with Crippen molar-refractivity contribution in [3.8, 4) is 33.9 Å². The molecular weight excluding hydrogens is 358 g/mol. The zero-order chi connectivity index (χ0) is 19.8. The number of hydrogen-bond donors (Lipinski definition) is 2. The normalized spacial score (nSPS) is 11.1. The quantitative estimate of drug-likeness (QED) is 0.432. The number of hydrogen-bond acceptors (Lipinski definition) is 2. The minimum Gasteiger partial charge on any atom is -0.337 e. The van der Waals surface area contributed by atoms with Crippen LogP contribution in [0, 0.1) is 6.92 Å². The van der Waals surface area contributed by atoms with E-state index in [2.05, 4.69) is 16.0 Å². The van der Waals surface area contributed by atoms with Crippen molar-refractivity contribution in [2.24, 2.45) is 0 Å². The number of H-pyrrole nitrogens is 2. The van der Waals surface area contributed by atoms with Crippen LogP contribution in [0.15, 0.2) is 89.7 Å². The first-order chi connectivity index (χ1) is 14.2. The number of imidazole rings is 1. The Balaban J connectivity index is 1.75. The maximum Gasteiger partial charge on any atom is 0.259 e.